The smallest absolute Gasteiger partial charge is 0.0346 e. The second-order valence-corrected chi connectivity index (χ2v) is 12.3. The largest absolute Gasteiger partial charge is 0.264 e. The van der Waals surface area contributed by atoms with Gasteiger partial charge in [0, 0.05) is 17.8 Å². The van der Waals surface area contributed by atoms with Gasteiger partial charge < -0.3 is 0 Å². The average molecular weight is 584 g/mol. The van der Waals surface area contributed by atoms with Gasteiger partial charge in [-0.05, 0) is 131 Å². The molecule has 0 atom stereocenters. The van der Waals surface area contributed by atoms with Crippen molar-refractivity contribution in [1.82, 2.24) is 4.98 Å². The SMILES string of the molecule is C=C(CCC1=C(C)C/C(=C\C=C(/C)c2ccc(C)c(-c3c(C)cccc3-c3cccc4cnccc34)c2)C=C1)c1ccccc1. The van der Waals surface area contributed by atoms with Crippen LogP contribution < -0.4 is 0 Å². The van der Waals surface area contributed by atoms with Gasteiger partial charge in [0.25, 0.3) is 0 Å². The maximum Gasteiger partial charge on any atom is 0.0346 e. The number of aromatic nitrogens is 1. The number of aryl methyl sites for hydroxylation is 2. The van der Waals surface area contributed by atoms with Crippen LogP contribution in [0, 0.1) is 13.8 Å². The predicted molar refractivity (Wildman–Crippen MR) is 195 cm³/mol. The molecule has 0 amide bonds. The van der Waals surface area contributed by atoms with Crippen LogP contribution in [0.3, 0.4) is 0 Å². The highest BCUT2D eigenvalue weighted by Crippen LogP contribution is 2.40. The van der Waals surface area contributed by atoms with Crippen molar-refractivity contribution in [2.75, 3.05) is 0 Å². The Hall–Kier alpha value is -5.01. The number of benzene rings is 4. The topological polar surface area (TPSA) is 12.9 Å². The van der Waals surface area contributed by atoms with Gasteiger partial charge in [-0.15, -0.1) is 0 Å². The van der Waals surface area contributed by atoms with Crippen LogP contribution in [-0.4, -0.2) is 4.98 Å². The summed E-state index contributed by atoms with van der Waals surface area (Å²) in [4.78, 5) is 4.35. The van der Waals surface area contributed by atoms with Crippen molar-refractivity contribution in [3.8, 4) is 22.3 Å². The summed E-state index contributed by atoms with van der Waals surface area (Å²) in [5.41, 5.74) is 16.8. The van der Waals surface area contributed by atoms with E-state index in [2.05, 4.69) is 155 Å². The minimum atomic E-state index is 0.981. The second-order valence-electron chi connectivity index (χ2n) is 12.3. The molecule has 0 saturated carbocycles. The van der Waals surface area contributed by atoms with E-state index < -0.39 is 0 Å². The second kappa shape index (κ2) is 13.3. The molecule has 222 valence electrons. The van der Waals surface area contributed by atoms with Crippen molar-refractivity contribution in [2.45, 2.75) is 47.0 Å². The maximum absolute atomic E-state index is 4.35. The average Bonchev–Trinajstić information content (AvgIpc) is 3.07. The number of allylic oxidation sites excluding steroid dienone is 9. The van der Waals surface area contributed by atoms with Crippen LogP contribution in [-0.2, 0) is 0 Å². The van der Waals surface area contributed by atoms with Gasteiger partial charge >= 0.3 is 0 Å². The first-order chi connectivity index (χ1) is 21.9. The Kier molecular flexibility index (Phi) is 8.89. The highest BCUT2D eigenvalue weighted by molar-refractivity contribution is 6.01. The van der Waals surface area contributed by atoms with Crippen molar-refractivity contribution in [1.29, 1.82) is 0 Å². The van der Waals surface area contributed by atoms with Crippen LogP contribution >= 0.6 is 0 Å². The summed E-state index contributed by atoms with van der Waals surface area (Å²) in [6.07, 6.45) is 16.0. The van der Waals surface area contributed by atoms with E-state index in [1.807, 2.05) is 12.4 Å². The Morgan fingerprint density at radius 1 is 0.778 bits per heavy atom. The summed E-state index contributed by atoms with van der Waals surface area (Å²) in [6.45, 7) is 13.3. The fraction of sp³-hybridized carbons (Fsp3) is 0.159. The number of pyridine rings is 1. The van der Waals surface area contributed by atoms with Gasteiger partial charge in [-0.25, -0.2) is 0 Å². The minimum Gasteiger partial charge on any atom is -0.264 e. The Morgan fingerprint density at radius 2 is 1.58 bits per heavy atom. The first kappa shape index (κ1) is 30.0. The number of hydrogen-bond donors (Lipinski definition) is 0. The number of fused-ring (bicyclic) bond motifs is 1. The molecule has 1 heteroatoms. The van der Waals surface area contributed by atoms with Gasteiger partial charge in [0.05, 0.1) is 0 Å². The summed E-state index contributed by atoms with van der Waals surface area (Å²) in [5, 5.41) is 2.39. The van der Waals surface area contributed by atoms with Crippen LogP contribution in [0.1, 0.15) is 55.4 Å². The lowest BCUT2D eigenvalue weighted by atomic mass is 9.86. The molecule has 0 unspecified atom stereocenters. The Labute approximate surface area is 268 Å². The lowest BCUT2D eigenvalue weighted by Gasteiger charge is -2.18. The molecule has 5 aromatic rings. The van der Waals surface area contributed by atoms with E-state index in [9.17, 15) is 0 Å². The third-order valence-corrected chi connectivity index (χ3v) is 9.15. The molecule has 0 aliphatic heterocycles. The fourth-order valence-corrected chi connectivity index (χ4v) is 6.42. The maximum atomic E-state index is 4.35. The quantitative estimate of drug-likeness (QED) is 0.177. The lowest BCUT2D eigenvalue weighted by molar-refractivity contribution is 0.962. The normalized spacial score (nSPS) is 14.4. The standard InChI is InChI=1S/C44H41N/c1-30(36-12-7-6-8-13-36)18-22-37-24-21-35(27-34(37)5)20-17-31(2)38-23-19-32(3)43(28-38)44-33(4)11-9-16-42(44)41-15-10-14-39-29-45-26-25-40(39)41/h6-17,19-21,23-26,28-29H,1,18,22,27H2,2-5H3/b31-17+,35-20-. The predicted octanol–water partition coefficient (Wildman–Crippen LogP) is 12.3. The van der Waals surface area contributed by atoms with E-state index in [1.165, 1.54) is 77.8 Å². The molecule has 1 aromatic heterocycles. The van der Waals surface area contributed by atoms with E-state index in [-0.39, 0.29) is 0 Å². The van der Waals surface area contributed by atoms with E-state index in [4.69, 9.17) is 0 Å². The molecule has 1 aliphatic rings. The van der Waals surface area contributed by atoms with Crippen molar-refractivity contribution in [3.63, 3.8) is 0 Å². The molecule has 0 spiro atoms. The molecule has 45 heavy (non-hydrogen) atoms. The van der Waals surface area contributed by atoms with Crippen molar-refractivity contribution in [2.24, 2.45) is 0 Å². The zero-order valence-corrected chi connectivity index (χ0v) is 26.9. The zero-order valence-electron chi connectivity index (χ0n) is 26.9. The molecule has 4 aromatic carbocycles. The molecule has 0 radical (unpaired) electrons. The molecule has 0 bridgehead atoms. The summed E-state index contributed by atoms with van der Waals surface area (Å²) in [6, 6.07) is 32.7. The summed E-state index contributed by atoms with van der Waals surface area (Å²) < 4.78 is 0. The van der Waals surface area contributed by atoms with Gasteiger partial charge in [0.2, 0.25) is 0 Å². The molecular weight excluding hydrogens is 542 g/mol. The van der Waals surface area contributed by atoms with Gasteiger partial charge in [-0.2, -0.15) is 0 Å². The fourth-order valence-electron chi connectivity index (χ4n) is 6.42. The third kappa shape index (κ3) is 6.59. The van der Waals surface area contributed by atoms with E-state index >= 15 is 0 Å². The molecular formula is C44H41N. The number of nitrogens with zero attached hydrogens (tertiary/aromatic N) is 1. The van der Waals surface area contributed by atoms with Crippen LogP contribution in [0.4, 0.5) is 0 Å². The van der Waals surface area contributed by atoms with Crippen LogP contribution in [0.15, 0.2) is 151 Å². The Balaban J connectivity index is 1.24. The van der Waals surface area contributed by atoms with E-state index in [0.29, 0.717) is 0 Å². The van der Waals surface area contributed by atoms with Crippen molar-refractivity contribution >= 4 is 21.9 Å². The summed E-state index contributed by atoms with van der Waals surface area (Å²) >= 11 is 0. The summed E-state index contributed by atoms with van der Waals surface area (Å²) in [5.74, 6) is 0. The number of hydrogen-bond acceptors (Lipinski definition) is 1. The van der Waals surface area contributed by atoms with Gasteiger partial charge in [-0.1, -0.05) is 115 Å². The highest BCUT2D eigenvalue weighted by atomic mass is 14.6. The lowest BCUT2D eigenvalue weighted by Crippen LogP contribution is -1.96. The monoisotopic (exact) mass is 583 g/mol. The Morgan fingerprint density at radius 3 is 2.40 bits per heavy atom. The summed E-state index contributed by atoms with van der Waals surface area (Å²) in [7, 11) is 0. The molecule has 1 nitrogen and oxygen atoms in total. The van der Waals surface area contributed by atoms with E-state index in [1.54, 1.807) is 0 Å². The number of rotatable bonds is 8. The van der Waals surface area contributed by atoms with Gasteiger partial charge in [-0.3, -0.25) is 4.98 Å². The molecule has 0 saturated heterocycles. The van der Waals surface area contributed by atoms with E-state index in [0.717, 1.165) is 24.6 Å². The van der Waals surface area contributed by atoms with Crippen molar-refractivity contribution < 1.29 is 0 Å². The first-order valence-electron chi connectivity index (χ1n) is 15.9. The highest BCUT2D eigenvalue weighted by Gasteiger charge is 2.15. The van der Waals surface area contributed by atoms with Gasteiger partial charge in [0.15, 0.2) is 0 Å². The first-order valence-corrected chi connectivity index (χ1v) is 15.9. The Bertz CT molecular complexity index is 2010. The van der Waals surface area contributed by atoms with Crippen LogP contribution in [0.5, 0.6) is 0 Å². The van der Waals surface area contributed by atoms with Crippen LogP contribution in [0.2, 0.25) is 0 Å². The molecule has 0 fully saturated rings. The minimum absolute atomic E-state index is 0.981. The van der Waals surface area contributed by atoms with Crippen LogP contribution in [0.25, 0.3) is 44.2 Å². The van der Waals surface area contributed by atoms with Gasteiger partial charge in [0.1, 0.15) is 0 Å². The molecule has 0 N–H and O–H groups in total. The molecule has 1 heterocycles. The third-order valence-electron chi connectivity index (χ3n) is 9.15. The zero-order chi connectivity index (χ0) is 31.3. The van der Waals surface area contributed by atoms with Crippen molar-refractivity contribution in [3.05, 3.63) is 173 Å². The molecule has 1 aliphatic carbocycles. The molecule has 6 rings (SSSR count).